The van der Waals surface area contributed by atoms with Crippen molar-refractivity contribution in [2.45, 2.75) is 31.1 Å². The van der Waals surface area contributed by atoms with Crippen LogP contribution in [-0.4, -0.2) is 48.5 Å². The fourth-order valence-electron chi connectivity index (χ4n) is 2.48. The molecular formula is C15H23N2OS. The lowest BCUT2D eigenvalue weighted by Gasteiger charge is -2.26. The number of methoxy groups -OCH3 is 1. The first kappa shape index (κ1) is 15.2. The van der Waals surface area contributed by atoms with E-state index >= 15 is 0 Å². The van der Waals surface area contributed by atoms with Crippen LogP contribution in [0, 0.1) is 31.6 Å². The summed E-state index contributed by atoms with van der Waals surface area (Å²) in [7, 11) is 1.77. The summed E-state index contributed by atoms with van der Waals surface area (Å²) in [5, 5.41) is 7.57. The van der Waals surface area contributed by atoms with E-state index in [4.69, 9.17) is 9.84 Å². The molecule has 0 amide bonds. The second-order valence-electron chi connectivity index (χ2n) is 4.95. The quantitative estimate of drug-likeness (QED) is 0.699. The fourth-order valence-corrected chi connectivity index (χ4v) is 2.89. The molecule has 2 rings (SSSR count). The molecule has 0 bridgehead atoms. The number of ether oxygens (including phenoxy) is 1. The normalized spacial score (nSPS) is 27.2. The summed E-state index contributed by atoms with van der Waals surface area (Å²) in [5.41, 5.74) is 1.18. The van der Waals surface area contributed by atoms with Crippen LogP contribution >= 0.6 is 11.8 Å². The highest BCUT2D eigenvalue weighted by molar-refractivity contribution is 7.99. The monoisotopic (exact) mass is 279 g/mol. The van der Waals surface area contributed by atoms with Crippen LogP contribution in [-0.2, 0) is 4.74 Å². The highest BCUT2D eigenvalue weighted by atomic mass is 32.2. The Labute approximate surface area is 122 Å². The molecule has 19 heavy (non-hydrogen) atoms. The van der Waals surface area contributed by atoms with E-state index in [2.05, 4.69) is 43.9 Å². The zero-order valence-corrected chi connectivity index (χ0v) is 12.8. The molecule has 0 aromatic rings. The van der Waals surface area contributed by atoms with Gasteiger partial charge in [0.25, 0.3) is 0 Å². The summed E-state index contributed by atoms with van der Waals surface area (Å²) in [6.07, 6.45) is 13.0. The number of nitrogens with zero attached hydrogens (tertiary/aromatic N) is 2. The van der Waals surface area contributed by atoms with E-state index in [-0.39, 0.29) is 0 Å². The molecule has 0 aromatic heterocycles. The van der Waals surface area contributed by atoms with Gasteiger partial charge in [-0.2, -0.15) is 16.9 Å². The van der Waals surface area contributed by atoms with Gasteiger partial charge in [0.15, 0.2) is 0 Å². The molecule has 5 radical (unpaired) electrons. The fraction of sp³-hybridized carbons (Fsp3) is 0.600. The molecule has 0 unspecified atom stereocenters. The molecule has 1 aliphatic carbocycles. The number of rotatable bonds is 6. The third kappa shape index (κ3) is 3.88. The Morgan fingerprint density at radius 1 is 1.53 bits per heavy atom. The molecule has 1 saturated heterocycles. The topological polar surface area (TPSA) is 24.8 Å². The van der Waals surface area contributed by atoms with E-state index in [1.54, 1.807) is 7.11 Å². The highest BCUT2D eigenvalue weighted by Gasteiger charge is 2.29. The van der Waals surface area contributed by atoms with Crippen molar-refractivity contribution in [3.63, 3.8) is 0 Å². The van der Waals surface area contributed by atoms with Crippen LogP contribution in [0.4, 0.5) is 0 Å². The molecular weight excluding hydrogens is 256 g/mol. The van der Waals surface area contributed by atoms with E-state index in [1.165, 1.54) is 24.5 Å². The Kier molecular flexibility index (Phi) is 6.02. The van der Waals surface area contributed by atoms with Crippen molar-refractivity contribution < 1.29 is 4.74 Å². The van der Waals surface area contributed by atoms with Crippen LogP contribution in [0.1, 0.15) is 19.8 Å². The Bertz CT molecular complexity index is 303. The van der Waals surface area contributed by atoms with Crippen molar-refractivity contribution >= 4 is 17.5 Å². The smallest absolute Gasteiger partial charge is 0.0704 e. The lowest BCUT2D eigenvalue weighted by atomic mass is 9.99. The van der Waals surface area contributed by atoms with Gasteiger partial charge in [-0.05, 0) is 51.7 Å². The molecule has 1 heterocycles. The van der Waals surface area contributed by atoms with Crippen LogP contribution in [0.5, 0.6) is 0 Å². The molecule has 1 saturated carbocycles. The van der Waals surface area contributed by atoms with E-state index in [1.807, 2.05) is 11.8 Å². The first-order valence-electron chi connectivity index (χ1n) is 6.85. The van der Waals surface area contributed by atoms with Crippen LogP contribution < -0.4 is 0 Å². The van der Waals surface area contributed by atoms with Crippen LogP contribution in [0.3, 0.4) is 0 Å². The van der Waals surface area contributed by atoms with Gasteiger partial charge in [-0.3, -0.25) is 5.01 Å². The number of thioether (sulfide) groups is 1. The van der Waals surface area contributed by atoms with E-state index in [0.717, 1.165) is 13.2 Å². The lowest BCUT2D eigenvalue weighted by Crippen LogP contribution is -2.32. The molecule has 2 aliphatic rings. The Hall–Kier alpha value is -0.220. The van der Waals surface area contributed by atoms with Gasteiger partial charge in [-0.15, -0.1) is 0 Å². The largest absolute Gasteiger partial charge is 0.382 e. The molecule has 0 N–H and O–H groups in total. The van der Waals surface area contributed by atoms with Crippen molar-refractivity contribution in [1.29, 1.82) is 0 Å². The minimum Gasteiger partial charge on any atom is -0.382 e. The summed E-state index contributed by atoms with van der Waals surface area (Å²) < 4.78 is 5.30. The average Bonchev–Trinajstić information content (AvgIpc) is 3.07. The Morgan fingerprint density at radius 3 is 2.89 bits per heavy atom. The molecule has 105 valence electrons. The maximum Gasteiger partial charge on any atom is 0.0704 e. The highest BCUT2D eigenvalue weighted by Crippen LogP contribution is 2.30. The first-order chi connectivity index (χ1) is 9.26. The Morgan fingerprint density at radius 2 is 2.26 bits per heavy atom. The van der Waals surface area contributed by atoms with Gasteiger partial charge < -0.3 is 4.74 Å². The summed E-state index contributed by atoms with van der Waals surface area (Å²) in [4.78, 5) is 0. The zero-order chi connectivity index (χ0) is 13.7. The molecule has 0 spiro atoms. The van der Waals surface area contributed by atoms with E-state index in [0.29, 0.717) is 11.3 Å². The van der Waals surface area contributed by atoms with Crippen LogP contribution in [0.2, 0.25) is 0 Å². The third-order valence-electron chi connectivity index (χ3n) is 3.64. The molecule has 2 fully saturated rings. The van der Waals surface area contributed by atoms with Gasteiger partial charge in [0, 0.05) is 24.8 Å². The maximum atomic E-state index is 5.30. The van der Waals surface area contributed by atoms with Crippen molar-refractivity contribution in [3.8, 4) is 0 Å². The van der Waals surface area contributed by atoms with Crippen LogP contribution in [0.15, 0.2) is 5.10 Å². The van der Waals surface area contributed by atoms with E-state index in [9.17, 15) is 0 Å². The van der Waals surface area contributed by atoms with Gasteiger partial charge in [0.1, 0.15) is 0 Å². The number of hydrogen-bond acceptors (Lipinski definition) is 4. The molecule has 4 heteroatoms. The van der Waals surface area contributed by atoms with E-state index < -0.39 is 0 Å². The lowest BCUT2D eigenvalue weighted by molar-refractivity contribution is 0.118. The predicted molar refractivity (Wildman–Crippen MR) is 82.5 cm³/mol. The maximum absolute atomic E-state index is 5.30. The molecule has 2 atom stereocenters. The molecule has 3 nitrogen and oxygen atoms in total. The number of hydrogen-bond donors (Lipinski definition) is 0. The molecule has 0 aromatic carbocycles. The standard InChI is InChI=1S/C15H23N2OS/c1-12(19-3)15(13-7-4-5-8-13)16-17-10-6-9-14(17)11-18-2/h4-5,7-8,12,14H,6,9-11H2,1-3H3/b16-15+/t12-,14+/m1/s1. The van der Waals surface area contributed by atoms with Gasteiger partial charge in [-0.25, -0.2) is 0 Å². The summed E-state index contributed by atoms with van der Waals surface area (Å²) in [6, 6.07) is 0.434. The minimum atomic E-state index is 0.409. The second-order valence-corrected chi connectivity index (χ2v) is 6.13. The van der Waals surface area contributed by atoms with Crippen molar-refractivity contribution in [3.05, 3.63) is 31.6 Å². The zero-order valence-electron chi connectivity index (χ0n) is 12.0. The molecule has 1 aliphatic heterocycles. The number of hydrazone groups is 1. The third-order valence-corrected chi connectivity index (χ3v) is 4.57. The van der Waals surface area contributed by atoms with Crippen LogP contribution in [0.25, 0.3) is 0 Å². The van der Waals surface area contributed by atoms with Crippen molar-refractivity contribution in [1.82, 2.24) is 5.01 Å². The summed E-state index contributed by atoms with van der Waals surface area (Å²) in [6.45, 7) is 4.03. The average molecular weight is 279 g/mol. The van der Waals surface area contributed by atoms with Gasteiger partial charge >= 0.3 is 0 Å². The summed E-state index contributed by atoms with van der Waals surface area (Å²) in [5.74, 6) is 1.24. The minimum absolute atomic E-state index is 0.409. The van der Waals surface area contributed by atoms with Crippen molar-refractivity contribution in [2.24, 2.45) is 5.10 Å². The van der Waals surface area contributed by atoms with Gasteiger partial charge in [0.05, 0.1) is 18.4 Å². The Balaban J connectivity index is 2.09. The second kappa shape index (κ2) is 7.53. The predicted octanol–water partition coefficient (Wildman–Crippen LogP) is 2.61. The SMILES string of the molecule is COC[C@@H]1CCCN1/N=C(/[C]1[CH][CH][CH][CH]1)[C@@H](C)SC. The summed E-state index contributed by atoms with van der Waals surface area (Å²) >= 11 is 1.84. The van der Waals surface area contributed by atoms with Gasteiger partial charge in [-0.1, -0.05) is 0 Å². The first-order valence-corrected chi connectivity index (χ1v) is 8.14. The van der Waals surface area contributed by atoms with Gasteiger partial charge in [0.2, 0.25) is 0 Å². The van der Waals surface area contributed by atoms with Crippen molar-refractivity contribution in [2.75, 3.05) is 26.5 Å².